The Bertz CT molecular complexity index is 225. The molecule has 1 fully saturated rings. The van der Waals surface area contributed by atoms with Crippen molar-refractivity contribution in [3.63, 3.8) is 0 Å². The summed E-state index contributed by atoms with van der Waals surface area (Å²) in [5, 5.41) is 8.60. The van der Waals surface area contributed by atoms with Crippen LogP contribution in [0.5, 0.6) is 0 Å². The normalized spacial score (nSPS) is 19.3. The number of rotatable bonds is 6. The highest BCUT2D eigenvalue weighted by atomic mass is 16.4. The summed E-state index contributed by atoms with van der Waals surface area (Å²) in [6, 6.07) is 0. The van der Waals surface area contributed by atoms with Gasteiger partial charge in [-0.25, -0.2) is 0 Å². The zero-order valence-corrected chi connectivity index (χ0v) is 9.99. The molecule has 1 aliphatic rings. The SMILES string of the molecule is CN(CCC(=O)O)CC1(N(C)C)CCC1. The average molecular weight is 214 g/mol. The number of likely N-dealkylation sites (N-methyl/N-ethyl adjacent to an activating group) is 2. The van der Waals surface area contributed by atoms with E-state index in [1.807, 2.05) is 7.05 Å². The fourth-order valence-electron chi connectivity index (χ4n) is 2.20. The minimum absolute atomic E-state index is 0.236. The maximum Gasteiger partial charge on any atom is 0.304 e. The van der Waals surface area contributed by atoms with Crippen molar-refractivity contribution < 1.29 is 9.90 Å². The van der Waals surface area contributed by atoms with Gasteiger partial charge in [0.25, 0.3) is 0 Å². The van der Waals surface area contributed by atoms with Crippen LogP contribution in [0.3, 0.4) is 0 Å². The van der Waals surface area contributed by atoms with Gasteiger partial charge in [0.15, 0.2) is 0 Å². The average Bonchev–Trinajstić information content (AvgIpc) is 2.07. The molecule has 0 bridgehead atoms. The van der Waals surface area contributed by atoms with Crippen LogP contribution in [0.4, 0.5) is 0 Å². The number of hydrogen-bond donors (Lipinski definition) is 1. The van der Waals surface area contributed by atoms with Crippen LogP contribution in [0.1, 0.15) is 25.7 Å². The summed E-state index contributed by atoms with van der Waals surface area (Å²) in [6.45, 7) is 1.62. The van der Waals surface area contributed by atoms with Gasteiger partial charge in [-0.2, -0.15) is 0 Å². The summed E-state index contributed by atoms with van der Waals surface area (Å²) < 4.78 is 0. The summed E-state index contributed by atoms with van der Waals surface area (Å²) in [6.07, 6.45) is 4.00. The highest BCUT2D eigenvalue weighted by Crippen LogP contribution is 2.36. The minimum atomic E-state index is -0.714. The van der Waals surface area contributed by atoms with E-state index in [4.69, 9.17) is 5.11 Å². The van der Waals surface area contributed by atoms with Gasteiger partial charge >= 0.3 is 5.97 Å². The maximum atomic E-state index is 10.4. The molecule has 0 aromatic carbocycles. The molecule has 0 aliphatic heterocycles. The van der Waals surface area contributed by atoms with E-state index in [9.17, 15) is 4.79 Å². The molecule has 4 nitrogen and oxygen atoms in total. The van der Waals surface area contributed by atoms with Gasteiger partial charge < -0.3 is 14.9 Å². The molecular weight excluding hydrogens is 192 g/mol. The molecule has 4 heteroatoms. The smallest absolute Gasteiger partial charge is 0.304 e. The van der Waals surface area contributed by atoms with Crippen LogP contribution < -0.4 is 0 Å². The fourth-order valence-corrected chi connectivity index (χ4v) is 2.20. The lowest BCUT2D eigenvalue weighted by Crippen LogP contribution is -2.56. The molecule has 1 saturated carbocycles. The minimum Gasteiger partial charge on any atom is -0.481 e. The summed E-state index contributed by atoms with van der Waals surface area (Å²) in [5.74, 6) is -0.714. The number of hydrogen-bond acceptors (Lipinski definition) is 3. The number of carboxylic acid groups (broad SMARTS) is 1. The standard InChI is InChI=1S/C11H22N2O2/c1-12(2)11(6-4-7-11)9-13(3)8-5-10(14)15/h4-9H2,1-3H3,(H,14,15). The molecule has 0 unspecified atom stereocenters. The van der Waals surface area contributed by atoms with Gasteiger partial charge in [0.05, 0.1) is 6.42 Å². The molecule has 0 saturated heterocycles. The largest absolute Gasteiger partial charge is 0.481 e. The summed E-state index contributed by atoms with van der Waals surface area (Å²) >= 11 is 0. The second-order valence-electron chi connectivity index (χ2n) is 4.85. The van der Waals surface area contributed by atoms with Crippen molar-refractivity contribution >= 4 is 5.97 Å². The monoisotopic (exact) mass is 214 g/mol. The lowest BCUT2D eigenvalue weighted by molar-refractivity contribution is -0.137. The Kier molecular flexibility index (Phi) is 4.11. The number of nitrogens with zero attached hydrogens (tertiary/aromatic N) is 2. The van der Waals surface area contributed by atoms with Crippen molar-refractivity contribution in [1.82, 2.24) is 9.80 Å². The van der Waals surface area contributed by atoms with Gasteiger partial charge in [0.2, 0.25) is 0 Å². The zero-order chi connectivity index (χ0) is 11.5. The van der Waals surface area contributed by atoms with Crippen LogP contribution >= 0.6 is 0 Å². The van der Waals surface area contributed by atoms with E-state index in [0.717, 1.165) is 6.54 Å². The Morgan fingerprint density at radius 2 is 1.93 bits per heavy atom. The number of carboxylic acids is 1. The summed E-state index contributed by atoms with van der Waals surface area (Å²) in [4.78, 5) is 14.9. The third-order valence-corrected chi connectivity index (χ3v) is 3.50. The van der Waals surface area contributed by atoms with E-state index >= 15 is 0 Å². The van der Waals surface area contributed by atoms with Crippen LogP contribution in [-0.4, -0.2) is 60.6 Å². The first-order chi connectivity index (χ1) is 6.96. The van der Waals surface area contributed by atoms with E-state index < -0.39 is 5.97 Å². The molecule has 0 atom stereocenters. The molecule has 0 radical (unpaired) electrons. The Labute approximate surface area is 91.9 Å². The fraction of sp³-hybridized carbons (Fsp3) is 0.909. The van der Waals surface area contributed by atoms with Crippen molar-refractivity contribution in [3.8, 4) is 0 Å². The van der Waals surface area contributed by atoms with Crippen molar-refractivity contribution in [2.75, 3.05) is 34.2 Å². The molecule has 1 N–H and O–H groups in total. The van der Waals surface area contributed by atoms with E-state index in [1.54, 1.807) is 0 Å². The molecule has 0 aromatic heterocycles. The lowest BCUT2D eigenvalue weighted by atomic mass is 9.75. The van der Waals surface area contributed by atoms with E-state index in [1.165, 1.54) is 19.3 Å². The highest BCUT2D eigenvalue weighted by Gasteiger charge is 2.39. The number of carbonyl (C=O) groups is 1. The molecule has 0 heterocycles. The first kappa shape index (κ1) is 12.5. The van der Waals surface area contributed by atoms with Crippen LogP contribution in [0, 0.1) is 0 Å². The number of aliphatic carboxylic acids is 1. The first-order valence-corrected chi connectivity index (χ1v) is 5.54. The van der Waals surface area contributed by atoms with E-state index in [-0.39, 0.29) is 6.42 Å². The van der Waals surface area contributed by atoms with Gasteiger partial charge in [-0.05, 0) is 40.4 Å². The zero-order valence-electron chi connectivity index (χ0n) is 9.99. The Morgan fingerprint density at radius 1 is 1.33 bits per heavy atom. The molecule has 1 aliphatic carbocycles. The van der Waals surface area contributed by atoms with Gasteiger partial charge in [0.1, 0.15) is 0 Å². The predicted molar refractivity (Wildman–Crippen MR) is 60.0 cm³/mol. The third-order valence-electron chi connectivity index (χ3n) is 3.50. The van der Waals surface area contributed by atoms with Gasteiger partial charge in [-0.1, -0.05) is 0 Å². The third kappa shape index (κ3) is 3.18. The molecule has 1 rings (SSSR count). The van der Waals surface area contributed by atoms with Gasteiger partial charge in [0, 0.05) is 18.6 Å². The molecule has 0 spiro atoms. The van der Waals surface area contributed by atoms with E-state index in [2.05, 4.69) is 23.9 Å². The quantitative estimate of drug-likeness (QED) is 0.713. The molecule has 15 heavy (non-hydrogen) atoms. The molecular formula is C11H22N2O2. The Morgan fingerprint density at radius 3 is 2.27 bits per heavy atom. The highest BCUT2D eigenvalue weighted by molar-refractivity contribution is 5.66. The second-order valence-corrected chi connectivity index (χ2v) is 4.85. The first-order valence-electron chi connectivity index (χ1n) is 5.54. The lowest BCUT2D eigenvalue weighted by Gasteiger charge is -2.49. The van der Waals surface area contributed by atoms with E-state index in [0.29, 0.717) is 12.1 Å². The van der Waals surface area contributed by atoms with Crippen molar-refractivity contribution in [1.29, 1.82) is 0 Å². The summed E-state index contributed by atoms with van der Waals surface area (Å²) in [7, 11) is 6.24. The molecule has 0 amide bonds. The maximum absolute atomic E-state index is 10.4. The van der Waals surface area contributed by atoms with Crippen LogP contribution in [0.2, 0.25) is 0 Å². The summed E-state index contributed by atoms with van der Waals surface area (Å²) in [5.41, 5.74) is 0.299. The van der Waals surface area contributed by atoms with Crippen LogP contribution in [0.25, 0.3) is 0 Å². The van der Waals surface area contributed by atoms with Crippen molar-refractivity contribution in [2.24, 2.45) is 0 Å². The van der Waals surface area contributed by atoms with Crippen molar-refractivity contribution in [3.05, 3.63) is 0 Å². The van der Waals surface area contributed by atoms with Crippen LogP contribution in [0.15, 0.2) is 0 Å². The second kappa shape index (κ2) is 4.94. The predicted octanol–water partition coefficient (Wildman–Crippen LogP) is 0.877. The molecule has 0 aromatic rings. The van der Waals surface area contributed by atoms with Crippen LogP contribution in [-0.2, 0) is 4.79 Å². The topological polar surface area (TPSA) is 43.8 Å². The molecule has 88 valence electrons. The van der Waals surface area contributed by atoms with Gasteiger partial charge in [-0.15, -0.1) is 0 Å². The Balaban J connectivity index is 2.35. The van der Waals surface area contributed by atoms with Crippen molar-refractivity contribution in [2.45, 2.75) is 31.2 Å². The van der Waals surface area contributed by atoms with Gasteiger partial charge in [-0.3, -0.25) is 4.79 Å². The Hall–Kier alpha value is -0.610.